The third kappa shape index (κ3) is 5.01. The van der Waals surface area contributed by atoms with Gasteiger partial charge in [0.25, 0.3) is 0 Å². The van der Waals surface area contributed by atoms with E-state index >= 15 is 0 Å². The van der Waals surface area contributed by atoms with Gasteiger partial charge in [-0.25, -0.2) is 0 Å². The van der Waals surface area contributed by atoms with Crippen LogP contribution in [0.2, 0.25) is 0 Å². The normalized spacial score (nSPS) is 35.6. The van der Waals surface area contributed by atoms with Gasteiger partial charge >= 0.3 is 5.97 Å². The highest BCUT2D eigenvalue weighted by atomic mass is 16.6. The summed E-state index contributed by atoms with van der Waals surface area (Å²) in [6, 6.07) is 0. The van der Waals surface area contributed by atoms with Crippen LogP contribution in [-0.4, -0.2) is 46.2 Å². The number of carbonyl (C=O) groups is 1. The average Bonchev–Trinajstić information content (AvgIpc) is 3.09. The van der Waals surface area contributed by atoms with E-state index in [1.807, 2.05) is 6.08 Å². The van der Waals surface area contributed by atoms with Crippen LogP contribution >= 0.6 is 0 Å². The minimum atomic E-state index is -0.739. The van der Waals surface area contributed by atoms with Gasteiger partial charge in [0.2, 0.25) is 0 Å². The van der Waals surface area contributed by atoms with Crippen LogP contribution in [0.25, 0.3) is 0 Å². The van der Waals surface area contributed by atoms with E-state index in [0.29, 0.717) is 6.42 Å². The molecule has 0 saturated carbocycles. The number of unbranched alkanes of at least 4 members (excludes halogenated alkanes) is 3. The summed E-state index contributed by atoms with van der Waals surface area (Å²) in [6.45, 7) is 2.17. The first-order valence-corrected chi connectivity index (χ1v) is 10.6. The van der Waals surface area contributed by atoms with Crippen molar-refractivity contribution >= 4 is 5.97 Å². The molecule has 5 heteroatoms. The van der Waals surface area contributed by atoms with Gasteiger partial charge in [-0.05, 0) is 25.7 Å². The van der Waals surface area contributed by atoms with E-state index in [1.54, 1.807) is 0 Å². The van der Waals surface area contributed by atoms with Crippen LogP contribution in [0.1, 0.15) is 71.1 Å². The fourth-order valence-electron chi connectivity index (χ4n) is 4.80. The number of carboxylic acids is 1. The number of rotatable bonds is 12. The zero-order valence-electron chi connectivity index (χ0n) is 16.4. The SMILES string of the molecule is CCCCCC(O)/C=C/[C@@]12CC3O[C@@H](CC3O1)[C@@H]2C/C=C\CCCC(=O)O. The summed E-state index contributed by atoms with van der Waals surface area (Å²) in [7, 11) is 0. The number of hydrogen-bond acceptors (Lipinski definition) is 4. The number of ether oxygens (including phenoxy) is 2. The molecule has 0 aromatic heterocycles. The molecule has 4 fully saturated rings. The second kappa shape index (κ2) is 9.35. The molecule has 4 aliphatic heterocycles. The Balaban J connectivity index is 1.56. The number of allylic oxidation sites excluding steroid dienone is 2. The molecule has 0 aromatic carbocycles. The quantitative estimate of drug-likeness (QED) is 0.396. The van der Waals surface area contributed by atoms with Gasteiger partial charge in [0.05, 0.1) is 30.0 Å². The average molecular weight is 379 g/mol. The second-order valence-electron chi connectivity index (χ2n) is 8.29. The molecule has 6 atom stereocenters. The van der Waals surface area contributed by atoms with E-state index in [1.165, 1.54) is 0 Å². The molecule has 3 unspecified atom stereocenters. The molecule has 2 N–H and O–H groups in total. The van der Waals surface area contributed by atoms with Crippen LogP contribution in [0.15, 0.2) is 24.3 Å². The van der Waals surface area contributed by atoms with E-state index in [9.17, 15) is 9.90 Å². The highest BCUT2D eigenvalue weighted by Gasteiger charge is 2.62. The summed E-state index contributed by atoms with van der Waals surface area (Å²) in [5.74, 6) is -0.473. The van der Waals surface area contributed by atoms with Gasteiger partial charge in [-0.15, -0.1) is 0 Å². The summed E-state index contributed by atoms with van der Waals surface area (Å²) in [5, 5.41) is 19.0. The molecule has 4 saturated heterocycles. The largest absolute Gasteiger partial charge is 0.481 e. The summed E-state index contributed by atoms with van der Waals surface area (Å²) >= 11 is 0. The van der Waals surface area contributed by atoms with Crippen molar-refractivity contribution in [2.75, 3.05) is 0 Å². The maximum Gasteiger partial charge on any atom is 0.303 e. The highest BCUT2D eigenvalue weighted by Crippen LogP contribution is 2.55. The Hall–Kier alpha value is -1.17. The van der Waals surface area contributed by atoms with Gasteiger partial charge in [0.1, 0.15) is 0 Å². The fraction of sp³-hybridized carbons (Fsp3) is 0.773. The van der Waals surface area contributed by atoms with Crippen molar-refractivity contribution in [1.82, 2.24) is 0 Å². The van der Waals surface area contributed by atoms with Crippen LogP contribution < -0.4 is 0 Å². The Bertz CT molecular complexity index is 541. The molecule has 4 rings (SSSR count). The van der Waals surface area contributed by atoms with Crippen molar-refractivity contribution in [1.29, 1.82) is 0 Å². The van der Waals surface area contributed by atoms with Crippen molar-refractivity contribution in [2.24, 2.45) is 5.92 Å². The van der Waals surface area contributed by atoms with Crippen LogP contribution in [0.4, 0.5) is 0 Å². The van der Waals surface area contributed by atoms with Gasteiger partial charge in [-0.1, -0.05) is 50.5 Å². The first-order valence-electron chi connectivity index (χ1n) is 10.6. The van der Waals surface area contributed by atoms with Gasteiger partial charge in [0, 0.05) is 25.2 Å². The Morgan fingerprint density at radius 1 is 1.22 bits per heavy atom. The Morgan fingerprint density at radius 3 is 2.81 bits per heavy atom. The molecule has 4 bridgehead atoms. The van der Waals surface area contributed by atoms with Crippen molar-refractivity contribution in [3.05, 3.63) is 24.3 Å². The summed E-state index contributed by atoms with van der Waals surface area (Å²) < 4.78 is 12.6. The van der Waals surface area contributed by atoms with E-state index < -0.39 is 12.1 Å². The van der Waals surface area contributed by atoms with E-state index in [0.717, 1.165) is 51.4 Å². The van der Waals surface area contributed by atoms with Gasteiger partial charge in [-0.3, -0.25) is 4.79 Å². The highest BCUT2D eigenvalue weighted by molar-refractivity contribution is 5.66. The summed E-state index contributed by atoms with van der Waals surface area (Å²) in [6.07, 6.45) is 17.1. The van der Waals surface area contributed by atoms with Crippen molar-refractivity contribution in [3.8, 4) is 0 Å². The van der Waals surface area contributed by atoms with Crippen molar-refractivity contribution in [2.45, 2.75) is 101 Å². The standard InChI is InChI=1S/C22H34O5/c1-2-3-6-9-16(23)12-13-22-15-20-19(27-22)14-18(26-20)17(22)10-7-4-5-8-11-21(24)25/h4,7,12-13,16-20,23H,2-3,5-6,8-11,14-15H2,1H3,(H,24,25)/b7-4-,13-12+/t16?,17-,18-,19?,20?,22-/m0/s1. The predicted octanol–water partition coefficient (Wildman–Crippen LogP) is 4.00. The Labute approximate surface area is 162 Å². The van der Waals surface area contributed by atoms with E-state index in [2.05, 4.69) is 25.2 Å². The van der Waals surface area contributed by atoms with Crippen LogP contribution in [0.3, 0.4) is 0 Å². The monoisotopic (exact) mass is 378 g/mol. The zero-order chi connectivity index (χ0) is 19.3. The third-order valence-corrected chi connectivity index (χ3v) is 6.22. The van der Waals surface area contributed by atoms with Gasteiger partial charge < -0.3 is 19.7 Å². The fourth-order valence-corrected chi connectivity index (χ4v) is 4.80. The lowest BCUT2D eigenvalue weighted by Gasteiger charge is -2.43. The van der Waals surface area contributed by atoms with Crippen LogP contribution in [-0.2, 0) is 14.3 Å². The molecule has 4 heterocycles. The predicted molar refractivity (Wildman–Crippen MR) is 104 cm³/mol. The maximum atomic E-state index is 10.6. The third-order valence-electron chi connectivity index (χ3n) is 6.22. The van der Waals surface area contributed by atoms with E-state index in [4.69, 9.17) is 14.6 Å². The van der Waals surface area contributed by atoms with Gasteiger partial charge in [-0.2, -0.15) is 0 Å². The van der Waals surface area contributed by atoms with Gasteiger partial charge in [0.15, 0.2) is 0 Å². The van der Waals surface area contributed by atoms with Crippen LogP contribution in [0.5, 0.6) is 0 Å². The number of aliphatic carboxylic acids is 1. The Kier molecular flexibility index (Phi) is 7.12. The Morgan fingerprint density at radius 2 is 2.07 bits per heavy atom. The number of aliphatic hydroxyl groups excluding tert-OH is 1. The molecular formula is C22H34O5. The van der Waals surface area contributed by atoms with Crippen molar-refractivity contribution in [3.63, 3.8) is 0 Å². The molecular weight excluding hydrogens is 344 g/mol. The van der Waals surface area contributed by atoms with Crippen molar-refractivity contribution < 1.29 is 24.5 Å². The second-order valence-corrected chi connectivity index (χ2v) is 8.29. The minimum absolute atomic E-state index is 0.202. The molecule has 0 radical (unpaired) electrons. The molecule has 5 nitrogen and oxygen atoms in total. The lowest BCUT2D eigenvalue weighted by molar-refractivity contribution is -0.137. The molecule has 0 spiro atoms. The maximum absolute atomic E-state index is 10.6. The lowest BCUT2D eigenvalue weighted by Crippen LogP contribution is -2.48. The molecule has 0 aromatic rings. The first-order chi connectivity index (χ1) is 13.0. The smallest absolute Gasteiger partial charge is 0.303 e. The molecule has 4 aliphatic rings. The molecule has 27 heavy (non-hydrogen) atoms. The molecule has 152 valence electrons. The summed E-state index contributed by atoms with van der Waals surface area (Å²) in [5.41, 5.74) is -0.312. The number of aliphatic hydroxyl groups is 1. The topological polar surface area (TPSA) is 76.0 Å². The van der Waals surface area contributed by atoms with Crippen LogP contribution in [0, 0.1) is 5.92 Å². The minimum Gasteiger partial charge on any atom is -0.481 e. The summed E-state index contributed by atoms with van der Waals surface area (Å²) in [4.78, 5) is 10.6. The zero-order valence-corrected chi connectivity index (χ0v) is 16.4. The molecule has 0 aliphatic carbocycles. The van der Waals surface area contributed by atoms with E-state index in [-0.39, 0.29) is 36.3 Å². The number of carboxylic acid groups (broad SMARTS) is 1. The number of hydrogen-bond donors (Lipinski definition) is 2. The lowest BCUT2D eigenvalue weighted by atomic mass is 9.76. The molecule has 0 amide bonds. The first kappa shape index (κ1) is 20.6.